The van der Waals surface area contributed by atoms with Gasteiger partial charge in [-0.2, -0.15) is 0 Å². The van der Waals surface area contributed by atoms with Gasteiger partial charge in [0, 0.05) is 25.0 Å². The van der Waals surface area contributed by atoms with Crippen molar-refractivity contribution in [1.29, 1.82) is 0 Å². The lowest BCUT2D eigenvalue weighted by atomic mass is 9.84. The van der Waals surface area contributed by atoms with Crippen LogP contribution in [0.5, 0.6) is 0 Å². The van der Waals surface area contributed by atoms with Crippen LogP contribution in [0.15, 0.2) is 12.4 Å². The Morgan fingerprint density at radius 3 is 2.80 bits per heavy atom. The third-order valence-electron chi connectivity index (χ3n) is 3.59. The number of nitrogens with zero attached hydrogens (tertiary/aromatic N) is 2. The third kappa shape index (κ3) is 2.59. The molecule has 0 saturated heterocycles. The van der Waals surface area contributed by atoms with Gasteiger partial charge in [0.1, 0.15) is 5.82 Å². The van der Waals surface area contributed by atoms with E-state index in [0.717, 1.165) is 18.3 Å². The number of aromatic nitrogens is 2. The van der Waals surface area contributed by atoms with Crippen LogP contribution < -0.4 is 5.73 Å². The molecular formula is C12H21N3. The average molecular weight is 207 g/mol. The molecule has 1 unspecified atom stereocenters. The molecule has 1 heterocycles. The quantitative estimate of drug-likeness (QED) is 0.825. The van der Waals surface area contributed by atoms with Crippen molar-refractivity contribution < 1.29 is 0 Å². The fourth-order valence-corrected chi connectivity index (χ4v) is 2.54. The zero-order valence-electron chi connectivity index (χ0n) is 9.52. The Balaban J connectivity index is 1.91. The molecular weight excluding hydrogens is 186 g/mol. The molecule has 3 nitrogen and oxygen atoms in total. The van der Waals surface area contributed by atoms with Gasteiger partial charge in [0.15, 0.2) is 0 Å². The smallest absolute Gasteiger partial charge is 0.105 e. The standard InChI is InChI=1S/C12H21N3/c1-10-14-7-8-15(10)9-12(13)11-5-3-2-4-6-11/h7-8,11-12H,2-6,9,13H2,1H3. The number of hydrogen-bond acceptors (Lipinski definition) is 2. The molecule has 84 valence electrons. The van der Waals surface area contributed by atoms with E-state index in [9.17, 15) is 0 Å². The van der Waals surface area contributed by atoms with Crippen molar-refractivity contribution in [2.75, 3.05) is 0 Å². The van der Waals surface area contributed by atoms with E-state index >= 15 is 0 Å². The van der Waals surface area contributed by atoms with Gasteiger partial charge in [0.2, 0.25) is 0 Å². The lowest BCUT2D eigenvalue weighted by molar-refractivity contribution is 0.284. The van der Waals surface area contributed by atoms with Crippen molar-refractivity contribution in [3.8, 4) is 0 Å². The molecule has 0 bridgehead atoms. The van der Waals surface area contributed by atoms with Crippen LogP contribution in [-0.4, -0.2) is 15.6 Å². The zero-order chi connectivity index (χ0) is 10.7. The van der Waals surface area contributed by atoms with E-state index in [2.05, 4.69) is 9.55 Å². The first kappa shape index (κ1) is 10.7. The van der Waals surface area contributed by atoms with Crippen LogP contribution in [0.1, 0.15) is 37.9 Å². The van der Waals surface area contributed by atoms with E-state index in [0.29, 0.717) is 6.04 Å². The Hall–Kier alpha value is -0.830. The zero-order valence-corrected chi connectivity index (χ0v) is 9.52. The molecule has 1 atom stereocenters. The highest BCUT2D eigenvalue weighted by Crippen LogP contribution is 2.26. The fourth-order valence-electron chi connectivity index (χ4n) is 2.54. The van der Waals surface area contributed by atoms with Crippen molar-refractivity contribution in [3.63, 3.8) is 0 Å². The van der Waals surface area contributed by atoms with E-state index in [1.165, 1.54) is 32.1 Å². The van der Waals surface area contributed by atoms with Crippen molar-refractivity contribution in [2.24, 2.45) is 11.7 Å². The Labute approximate surface area is 91.7 Å². The van der Waals surface area contributed by atoms with Gasteiger partial charge in [0.25, 0.3) is 0 Å². The second-order valence-corrected chi connectivity index (χ2v) is 4.69. The first-order valence-electron chi connectivity index (χ1n) is 6.00. The minimum atomic E-state index is 0.304. The molecule has 1 aliphatic rings. The Kier molecular flexibility index (Phi) is 3.41. The number of imidazole rings is 1. The fraction of sp³-hybridized carbons (Fsp3) is 0.750. The van der Waals surface area contributed by atoms with Gasteiger partial charge in [-0.1, -0.05) is 19.3 Å². The SMILES string of the molecule is Cc1nccn1CC(N)C1CCCCC1. The van der Waals surface area contributed by atoms with E-state index in [1.54, 1.807) is 0 Å². The first-order valence-corrected chi connectivity index (χ1v) is 6.00. The molecule has 2 rings (SSSR count). The number of rotatable bonds is 3. The second kappa shape index (κ2) is 4.79. The van der Waals surface area contributed by atoms with Crippen molar-refractivity contribution >= 4 is 0 Å². The first-order chi connectivity index (χ1) is 7.27. The molecule has 0 amide bonds. The van der Waals surface area contributed by atoms with Gasteiger partial charge in [-0.25, -0.2) is 4.98 Å². The summed E-state index contributed by atoms with van der Waals surface area (Å²) in [6, 6.07) is 0.304. The summed E-state index contributed by atoms with van der Waals surface area (Å²) in [4.78, 5) is 4.22. The maximum Gasteiger partial charge on any atom is 0.105 e. The summed E-state index contributed by atoms with van der Waals surface area (Å²) >= 11 is 0. The minimum Gasteiger partial charge on any atom is -0.334 e. The molecule has 1 aromatic rings. The minimum absolute atomic E-state index is 0.304. The lowest BCUT2D eigenvalue weighted by Crippen LogP contribution is -2.35. The predicted octanol–water partition coefficient (Wildman–Crippen LogP) is 2.10. The van der Waals surface area contributed by atoms with Gasteiger partial charge in [-0.3, -0.25) is 0 Å². The summed E-state index contributed by atoms with van der Waals surface area (Å²) in [5.41, 5.74) is 6.26. The van der Waals surface area contributed by atoms with Crippen LogP contribution >= 0.6 is 0 Å². The van der Waals surface area contributed by atoms with Crippen molar-refractivity contribution in [1.82, 2.24) is 9.55 Å². The molecule has 1 fully saturated rings. The summed E-state index contributed by atoms with van der Waals surface area (Å²) in [5, 5.41) is 0. The van der Waals surface area contributed by atoms with E-state index in [1.807, 2.05) is 19.3 Å². The van der Waals surface area contributed by atoms with Gasteiger partial charge in [-0.15, -0.1) is 0 Å². The number of hydrogen-bond donors (Lipinski definition) is 1. The maximum atomic E-state index is 6.26. The molecule has 0 aliphatic heterocycles. The Morgan fingerprint density at radius 2 is 2.20 bits per heavy atom. The van der Waals surface area contributed by atoms with Crippen molar-refractivity contribution in [3.05, 3.63) is 18.2 Å². The highest BCUT2D eigenvalue weighted by Gasteiger charge is 2.20. The molecule has 1 aromatic heterocycles. The van der Waals surface area contributed by atoms with Gasteiger partial charge in [0.05, 0.1) is 0 Å². The number of nitrogens with two attached hydrogens (primary N) is 1. The van der Waals surface area contributed by atoms with Crippen LogP contribution in [0.25, 0.3) is 0 Å². The predicted molar refractivity (Wildman–Crippen MR) is 61.5 cm³/mol. The highest BCUT2D eigenvalue weighted by atomic mass is 15.1. The van der Waals surface area contributed by atoms with Gasteiger partial charge >= 0.3 is 0 Å². The van der Waals surface area contributed by atoms with Crippen LogP contribution in [0.3, 0.4) is 0 Å². The molecule has 0 aromatic carbocycles. The van der Waals surface area contributed by atoms with Crippen LogP contribution in [-0.2, 0) is 6.54 Å². The molecule has 15 heavy (non-hydrogen) atoms. The normalized spacial score (nSPS) is 20.4. The molecule has 1 saturated carbocycles. The van der Waals surface area contributed by atoms with Crippen LogP contribution in [0.2, 0.25) is 0 Å². The molecule has 2 N–H and O–H groups in total. The monoisotopic (exact) mass is 207 g/mol. The summed E-state index contributed by atoms with van der Waals surface area (Å²) in [6.45, 7) is 2.96. The highest BCUT2D eigenvalue weighted by molar-refractivity contribution is 4.90. The Morgan fingerprint density at radius 1 is 1.47 bits per heavy atom. The molecule has 3 heteroatoms. The molecule has 1 aliphatic carbocycles. The maximum absolute atomic E-state index is 6.26. The molecule has 0 radical (unpaired) electrons. The van der Waals surface area contributed by atoms with Gasteiger partial charge in [-0.05, 0) is 25.7 Å². The van der Waals surface area contributed by atoms with Crippen LogP contribution in [0.4, 0.5) is 0 Å². The summed E-state index contributed by atoms with van der Waals surface area (Å²) in [6.07, 6.45) is 10.6. The van der Waals surface area contributed by atoms with E-state index in [4.69, 9.17) is 5.73 Å². The van der Waals surface area contributed by atoms with Gasteiger partial charge < -0.3 is 10.3 Å². The van der Waals surface area contributed by atoms with E-state index < -0.39 is 0 Å². The second-order valence-electron chi connectivity index (χ2n) is 4.69. The summed E-state index contributed by atoms with van der Waals surface area (Å²) < 4.78 is 2.17. The van der Waals surface area contributed by atoms with Crippen LogP contribution in [0, 0.1) is 12.8 Å². The topological polar surface area (TPSA) is 43.8 Å². The summed E-state index contributed by atoms with van der Waals surface area (Å²) in [7, 11) is 0. The third-order valence-corrected chi connectivity index (χ3v) is 3.59. The Bertz CT molecular complexity index is 300. The summed E-state index contributed by atoms with van der Waals surface area (Å²) in [5.74, 6) is 1.79. The number of aryl methyl sites for hydroxylation is 1. The van der Waals surface area contributed by atoms with Crippen molar-refractivity contribution in [2.45, 2.75) is 51.6 Å². The lowest BCUT2D eigenvalue weighted by Gasteiger charge is -2.27. The average Bonchev–Trinajstić information content (AvgIpc) is 2.66. The largest absolute Gasteiger partial charge is 0.334 e. The van der Waals surface area contributed by atoms with E-state index in [-0.39, 0.29) is 0 Å². The molecule has 0 spiro atoms.